The zero-order valence-corrected chi connectivity index (χ0v) is 17.7. The quantitative estimate of drug-likeness (QED) is 0.766. The Hall–Kier alpha value is -2.34. The molecule has 1 heterocycles. The summed E-state index contributed by atoms with van der Waals surface area (Å²) < 4.78 is 5.41. The van der Waals surface area contributed by atoms with E-state index in [0.29, 0.717) is 28.7 Å². The van der Waals surface area contributed by atoms with Crippen molar-refractivity contribution in [2.75, 3.05) is 11.9 Å². The number of nitrogens with two attached hydrogens (primary N) is 1. The lowest BCUT2D eigenvalue weighted by Crippen LogP contribution is -2.27. The van der Waals surface area contributed by atoms with Gasteiger partial charge in [-0.15, -0.1) is 11.3 Å². The van der Waals surface area contributed by atoms with E-state index in [2.05, 4.69) is 26.1 Å². The number of nitrogens with one attached hydrogen (secondary N) is 1. The number of carbonyl (C=O) groups is 2. The number of hydrogen-bond acceptors (Lipinski definition) is 4. The van der Waals surface area contributed by atoms with Gasteiger partial charge in [-0.3, -0.25) is 9.59 Å². The van der Waals surface area contributed by atoms with E-state index < -0.39 is 5.91 Å². The van der Waals surface area contributed by atoms with E-state index in [1.807, 2.05) is 6.92 Å². The van der Waals surface area contributed by atoms with E-state index >= 15 is 0 Å². The summed E-state index contributed by atoms with van der Waals surface area (Å²) in [5, 5.41) is 3.47. The molecule has 6 heteroatoms. The maximum Gasteiger partial charge on any atom is 0.256 e. The van der Waals surface area contributed by atoms with E-state index in [4.69, 9.17) is 10.5 Å². The Morgan fingerprint density at radius 2 is 1.93 bits per heavy atom. The molecule has 0 aliphatic heterocycles. The number of amides is 2. The molecule has 2 amide bonds. The van der Waals surface area contributed by atoms with E-state index in [0.717, 1.165) is 30.6 Å². The molecule has 0 bridgehead atoms. The van der Waals surface area contributed by atoms with Crippen LogP contribution in [0.1, 0.15) is 65.3 Å². The molecule has 0 spiro atoms. The fourth-order valence-electron chi connectivity index (χ4n) is 3.72. The lowest BCUT2D eigenvalue weighted by atomic mass is 9.72. The minimum atomic E-state index is -0.478. The minimum Gasteiger partial charge on any atom is -0.494 e. The second kappa shape index (κ2) is 7.95. The Balaban J connectivity index is 1.85. The smallest absolute Gasteiger partial charge is 0.256 e. The summed E-state index contributed by atoms with van der Waals surface area (Å²) in [6.07, 6.45) is 2.77. The van der Waals surface area contributed by atoms with Gasteiger partial charge in [0.2, 0.25) is 0 Å². The SMILES string of the molecule is CCOc1ccc(C(=O)Nc2sc3c(c2C(N)=O)CCC(C(C)(C)C)C3)cc1. The molecule has 0 saturated carbocycles. The Labute approximate surface area is 170 Å². The number of benzene rings is 1. The van der Waals surface area contributed by atoms with E-state index in [1.165, 1.54) is 16.2 Å². The number of thiophene rings is 1. The molecule has 28 heavy (non-hydrogen) atoms. The molecule has 1 unspecified atom stereocenters. The van der Waals surface area contributed by atoms with Crippen molar-refractivity contribution in [1.82, 2.24) is 0 Å². The highest BCUT2D eigenvalue weighted by atomic mass is 32.1. The molecule has 0 saturated heterocycles. The fourth-order valence-corrected chi connectivity index (χ4v) is 5.05. The highest BCUT2D eigenvalue weighted by molar-refractivity contribution is 7.17. The van der Waals surface area contributed by atoms with Crippen LogP contribution in [0.5, 0.6) is 5.75 Å². The third-order valence-corrected chi connectivity index (χ3v) is 6.56. The Morgan fingerprint density at radius 3 is 2.50 bits per heavy atom. The summed E-state index contributed by atoms with van der Waals surface area (Å²) in [6.45, 7) is 9.23. The molecule has 5 nitrogen and oxygen atoms in total. The first-order chi connectivity index (χ1) is 13.2. The summed E-state index contributed by atoms with van der Waals surface area (Å²) in [7, 11) is 0. The lowest BCUT2D eigenvalue weighted by Gasteiger charge is -2.33. The van der Waals surface area contributed by atoms with E-state index in [1.54, 1.807) is 24.3 Å². The van der Waals surface area contributed by atoms with Gasteiger partial charge >= 0.3 is 0 Å². The van der Waals surface area contributed by atoms with Gasteiger partial charge in [0.15, 0.2) is 0 Å². The van der Waals surface area contributed by atoms with Gasteiger partial charge in [0.1, 0.15) is 10.8 Å². The van der Waals surface area contributed by atoms with Crippen LogP contribution in [0.25, 0.3) is 0 Å². The zero-order valence-electron chi connectivity index (χ0n) is 16.9. The van der Waals surface area contributed by atoms with Crippen LogP contribution in [0.3, 0.4) is 0 Å². The molecule has 1 aliphatic rings. The Morgan fingerprint density at radius 1 is 1.25 bits per heavy atom. The van der Waals surface area contributed by atoms with E-state index in [-0.39, 0.29) is 11.3 Å². The predicted molar refractivity (Wildman–Crippen MR) is 113 cm³/mol. The first-order valence-corrected chi connectivity index (χ1v) is 10.5. The van der Waals surface area contributed by atoms with Gasteiger partial charge in [-0.2, -0.15) is 0 Å². The third-order valence-electron chi connectivity index (χ3n) is 5.39. The van der Waals surface area contributed by atoms with Gasteiger partial charge < -0.3 is 15.8 Å². The van der Waals surface area contributed by atoms with Crippen LogP contribution in [0.4, 0.5) is 5.00 Å². The number of carbonyl (C=O) groups excluding carboxylic acids is 2. The third kappa shape index (κ3) is 4.22. The summed E-state index contributed by atoms with van der Waals surface area (Å²) >= 11 is 1.49. The van der Waals surface area contributed by atoms with Crippen LogP contribution in [0.15, 0.2) is 24.3 Å². The molecule has 0 fully saturated rings. The highest BCUT2D eigenvalue weighted by Crippen LogP contribution is 2.44. The van der Waals surface area contributed by atoms with E-state index in [9.17, 15) is 9.59 Å². The Kier molecular flexibility index (Phi) is 5.79. The monoisotopic (exact) mass is 400 g/mol. The van der Waals surface area contributed by atoms with Crippen LogP contribution < -0.4 is 15.8 Å². The average Bonchev–Trinajstić information content (AvgIpc) is 2.99. The first-order valence-electron chi connectivity index (χ1n) is 9.69. The highest BCUT2D eigenvalue weighted by Gasteiger charge is 2.33. The maximum atomic E-state index is 12.7. The van der Waals surface area contributed by atoms with Crippen molar-refractivity contribution in [3.63, 3.8) is 0 Å². The molecule has 3 N–H and O–H groups in total. The van der Waals surface area contributed by atoms with Crippen molar-refractivity contribution < 1.29 is 14.3 Å². The summed E-state index contributed by atoms with van der Waals surface area (Å²) in [4.78, 5) is 26.0. The van der Waals surface area contributed by atoms with Crippen LogP contribution >= 0.6 is 11.3 Å². The van der Waals surface area contributed by atoms with Crippen LogP contribution in [0.2, 0.25) is 0 Å². The summed E-state index contributed by atoms with van der Waals surface area (Å²) in [6, 6.07) is 6.96. The first kappa shape index (κ1) is 20.4. The van der Waals surface area contributed by atoms with Crippen LogP contribution in [-0.4, -0.2) is 18.4 Å². The maximum absolute atomic E-state index is 12.7. The van der Waals surface area contributed by atoms with Gasteiger partial charge in [-0.25, -0.2) is 0 Å². The van der Waals surface area contributed by atoms with Crippen molar-refractivity contribution in [3.05, 3.63) is 45.8 Å². The molecular weight excluding hydrogens is 372 g/mol. The number of hydrogen-bond donors (Lipinski definition) is 2. The number of ether oxygens (including phenoxy) is 1. The largest absolute Gasteiger partial charge is 0.494 e. The van der Waals surface area contributed by atoms with Crippen molar-refractivity contribution in [2.45, 2.75) is 47.0 Å². The zero-order chi connectivity index (χ0) is 20.5. The molecule has 150 valence electrons. The normalized spacial score (nSPS) is 16.4. The topological polar surface area (TPSA) is 81.4 Å². The van der Waals surface area contributed by atoms with Crippen LogP contribution in [-0.2, 0) is 12.8 Å². The van der Waals surface area contributed by atoms with Crippen molar-refractivity contribution in [2.24, 2.45) is 17.1 Å². The molecule has 1 aromatic heterocycles. The molecular formula is C22H28N2O3S. The summed E-state index contributed by atoms with van der Waals surface area (Å²) in [5.74, 6) is 0.538. The molecule has 0 radical (unpaired) electrons. The fraction of sp³-hybridized carbons (Fsp3) is 0.455. The van der Waals surface area contributed by atoms with Crippen LogP contribution in [0, 0.1) is 11.3 Å². The average molecular weight is 401 g/mol. The molecule has 1 atom stereocenters. The van der Waals surface area contributed by atoms with Crippen molar-refractivity contribution in [1.29, 1.82) is 0 Å². The number of primary amides is 1. The molecule has 2 aromatic rings. The van der Waals surface area contributed by atoms with Gasteiger partial charge in [0.25, 0.3) is 11.8 Å². The standard InChI is InChI=1S/C22H28N2O3S/c1-5-27-15-9-6-13(7-10-15)20(26)24-21-18(19(23)25)16-11-8-14(22(2,3)4)12-17(16)28-21/h6-7,9-10,14H,5,8,11-12H2,1-4H3,(H2,23,25)(H,24,26). The number of anilines is 1. The lowest BCUT2D eigenvalue weighted by molar-refractivity contribution is 0.1000. The predicted octanol–water partition coefficient (Wildman–Crippen LogP) is 4.65. The number of fused-ring (bicyclic) bond motifs is 1. The molecule has 1 aliphatic carbocycles. The van der Waals surface area contributed by atoms with Gasteiger partial charge in [-0.05, 0) is 67.3 Å². The van der Waals surface area contributed by atoms with Crippen molar-refractivity contribution in [3.8, 4) is 5.75 Å². The Bertz CT molecular complexity index is 878. The second-order valence-corrected chi connectivity index (χ2v) is 9.39. The number of rotatable bonds is 5. The molecule has 3 rings (SSSR count). The van der Waals surface area contributed by atoms with Gasteiger partial charge in [0, 0.05) is 10.4 Å². The minimum absolute atomic E-state index is 0.209. The van der Waals surface area contributed by atoms with Crippen molar-refractivity contribution >= 4 is 28.2 Å². The van der Waals surface area contributed by atoms with Gasteiger partial charge in [0.05, 0.1) is 12.2 Å². The summed E-state index contributed by atoms with van der Waals surface area (Å²) in [5.41, 5.74) is 7.88. The second-order valence-electron chi connectivity index (χ2n) is 8.29. The molecule has 1 aromatic carbocycles. The van der Waals surface area contributed by atoms with Gasteiger partial charge in [-0.1, -0.05) is 20.8 Å².